The Kier molecular flexibility index (Phi) is 6.26. The maximum atomic E-state index is 12.4. The van der Waals surface area contributed by atoms with Gasteiger partial charge in [-0.25, -0.2) is 0 Å². The highest BCUT2D eigenvalue weighted by molar-refractivity contribution is 5.76. The van der Waals surface area contributed by atoms with Crippen LogP contribution < -0.4 is 5.32 Å². The number of aryl methyl sites for hydroxylation is 1. The Morgan fingerprint density at radius 3 is 2.86 bits per heavy atom. The van der Waals surface area contributed by atoms with Crippen LogP contribution in [0.5, 0.6) is 0 Å². The summed E-state index contributed by atoms with van der Waals surface area (Å²) >= 11 is 0. The minimum atomic E-state index is 0.0224. The molecule has 1 N–H and O–H groups in total. The number of carbonyl (C=O) groups is 1. The number of likely N-dealkylation sites (tertiary alicyclic amines) is 1. The van der Waals surface area contributed by atoms with Gasteiger partial charge in [-0.05, 0) is 31.5 Å². The van der Waals surface area contributed by atoms with Crippen molar-refractivity contribution in [1.82, 2.24) is 25.3 Å². The Balaban J connectivity index is 1.24. The molecule has 3 heterocycles. The van der Waals surface area contributed by atoms with Crippen LogP contribution in [-0.4, -0.2) is 45.1 Å². The van der Waals surface area contributed by atoms with Crippen molar-refractivity contribution in [2.75, 3.05) is 13.1 Å². The number of hydrogen-bond acceptors (Lipinski definition) is 6. The summed E-state index contributed by atoms with van der Waals surface area (Å²) in [4.78, 5) is 23.5. The number of nitrogens with one attached hydrogen (secondary N) is 1. The van der Waals surface area contributed by atoms with E-state index in [4.69, 9.17) is 4.52 Å². The van der Waals surface area contributed by atoms with Gasteiger partial charge in [-0.3, -0.25) is 14.7 Å². The van der Waals surface area contributed by atoms with Gasteiger partial charge in [0.15, 0.2) is 0 Å². The first-order chi connectivity index (χ1) is 14.3. The second-order valence-corrected chi connectivity index (χ2v) is 7.34. The lowest BCUT2D eigenvalue weighted by atomic mass is 10.0. The molecule has 1 fully saturated rings. The van der Waals surface area contributed by atoms with E-state index in [2.05, 4.69) is 25.3 Å². The molecule has 0 bridgehead atoms. The van der Waals surface area contributed by atoms with Crippen molar-refractivity contribution in [3.63, 3.8) is 0 Å². The van der Waals surface area contributed by atoms with E-state index in [1.54, 1.807) is 0 Å². The number of benzene rings is 1. The third-order valence-corrected chi connectivity index (χ3v) is 5.05. The minimum absolute atomic E-state index is 0.0224. The molecule has 0 radical (unpaired) electrons. The van der Waals surface area contributed by atoms with Crippen molar-refractivity contribution in [1.29, 1.82) is 0 Å². The molecule has 0 saturated carbocycles. The third kappa shape index (κ3) is 5.48. The zero-order chi connectivity index (χ0) is 19.9. The van der Waals surface area contributed by atoms with Crippen LogP contribution >= 0.6 is 0 Å². The standard InChI is InChI=1S/C22H25N5O2/c28-20(11-12-21-25-22(26-29-21)17-7-2-1-3-8-17)24-19-10-6-14-27(16-19)15-18-9-4-5-13-23-18/h1-5,7-9,13,19H,6,10-12,14-16H2,(H,24,28). The number of aromatic nitrogens is 3. The summed E-state index contributed by atoms with van der Waals surface area (Å²) < 4.78 is 5.29. The number of pyridine rings is 1. The summed E-state index contributed by atoms with van der Waals surface area (Å²) in [6.07, 6.45) is 4.67. The number of hydrogen-bond donors (Lipinski definition) is 1. The van der Waals surface area contributed by atoms with Gasteiger partial charge in [-0.15, -0.1) is 0 Å². The van der Waals surface area contributed by atoms with Crippen LogP contribution in [0.25, 0.3) is 11.4 Å². The molecule has 1 aliphatic heterocycles. The van der Waals surface area contributed by atoms with Crippen LogP contribution in [-0.2, 0) is 17.8 Å². The molecule has 1 saturated heterocycles. The van der Waals surface area contributed by atoms with Crippen molar-refractivity contribution < 1.29 is 9.32 Å². The lowest BCUT2D eigenvalue weighted by molar-refractivity contribution is -0.122. The molecule has 1 atom stereocenters. The molecule has 0 aliphatic carbocycles. The predicted octanol–water partition coefficient (Wildman–Crippen LogP) is 2.85. The first-order valence-corrected chi connectivity index (χ1v) is 10.1. The van der Waals surface area contributed by atoms with Crippen LogP contribution in [0.2, 0.25) is 0 Å². The first kappa shape index (κ1) is 19.3. The molecule has 1 aliphatic rings. The Bertz CT molecular complexity index is 913. The second-order valence-electron chi connectivity index (χ2n) is 7.34. The summed E-state index contributed by atoms with van der Waals surface area (Å²) in [6.45, 7) is 2.70. The molecule has 0 spiro atoms. The molecular formula is C22H25N5O2. The van der Waals surface area contributed by atoms with Crippen LogP contribution in [0.15, 0.2) is 59.3 Å². The van der Waals surface area contributed by atoms with E-state index in [-0.39, 0.29) is 11.9 Å². The number of nitrogens with zero attached hydrogens (tertiary/aromatic N) is 4. The van der Waals surface area contributed by atoms with Gasteiger partial charge in [0.05, 0.1) is 5.69 Å². The van der Waals surface area contributed by atoms with Crippen molar-refractivity contribution in [2.45, 2.75) is 38.3 Å². The number of carbonyl (C=O) groups excluding carboxylic acids is 1. The minimum Gasteiger partial charge on any atom is -0.352 e. The quantitative estimate of drug-likeness (QED) is 0.667. The summed E-state index contributed by atoms with van der Waals surface area (Å²) in [5, 5.41) is 7.15. The van der Waals surface area contributed by atoms with E-state index in [0.717, 1.165) is 43.7 Å². The molecule has 150 valence electrons. The normalized spacial score (nSPS) is 17.2. The van der Waals surface area contributed by atoms with Gasteiger partial charge in [0.1, 0.15) is 0 Å². The van der Waals surface area contributed by atoms with Crippen molar-refractivity contribution >= 4 is 5.91 Å². The van der Waals surface area contributed by atoms with Crippen molar-refractivity contribution in [2.24, 2.45) is 0 Å². The van der Waals surface area contributed by atoms with Crippen LogP contribution in [0.1, 0.15) is 30.8 Å². The van der Waals surface area contributed by atoms with Gasteiger partial charge < -0.3 is 9.84 Å². The molecule has 4 rings (SSSR count). The SMILES string of the molecule is O=C(CCc1nc(-c2ccccc2)no1)NC1CCCN(Cc2ccccn2)C1. The molecule has 3 aromatic rings. The highest BCUT2D eigenvalue weighted by atomic mass is 16.5. The highest BCUT2D eigenvalue weighted by Gasteiger charge is 2.22. The lowest BCUT2D eigenvalue weighted by Gasteiger charge is -2.32. The fourth-order valence-electron chi connectivity index (χ4n) is 3.62. The molecule has 1 aromatic carbocycles. The summed E-state index contributed by atoms with van der Waals surface area (Å²) in [7, 11) is 0. The highest BCUT2D eigenvalue weighted by Crippen LogP contribution is 2.16. The molecule has 7 nitrogen and oxygen atoms in total. The topological polar surface area (TPSA) is 84.1 Å². The third-order valence-electron chi connectivity index (χ3n) is 5.05. The van der Waals surface area contributed by atoms with Crippen molar-refractivity contribution in [3.05, 3.63) is 66.3 Å². The van der Waals surface area contributed by atoms with Gasteiger partial charge in [-0.1, -0.05) is 41.6 Å². The number of piperidine rings is 1. The Labute approximate surface area is 170 Å². The van der Waals surface area contributed by atoms with Gasteiger partial charge in [-0.2, -0.15) is 4.98 Å². The van der Waals surface area contributed by atoms with Gasteiger partial charge >= 0.3 is 0 Å². The zero-order valence-electron chi connectivity index (χ0n) is 16.3. The summed E-state index contributed by atoms with van der Waals surface area (Å²) in [5.74, 6) is 1.06. The largest absolute Gasteiger partial charge is 0.352 e. The maximum Gasteiger partial charge on any atom is 0.227 e. The second kappa shape index (κ2) is 9.43. The summed E-state index contributed by atoms with van der Waals surface area (Å²) in [6, 6.07) is 15.8. The van der Waals surface area contributed by atoms with E-state index < -0.39 is 0 Å². The van der Waals surface area contributed by atoms with Crippen molar-refractivity contribution in [3.8, 4) is 11.4 Å². The van der Waals surface area contributed by atoms with Gasteiger partial charge in [0.2, 0.25) is 17.6 Å². The average Bonchev–Trinajstić information content (AvgIpc) is 3.23. The fraction of sp³-hybridized carbons (Fsp3) is 0.364. The van der Waals surface area contributed by atoms with Gasteiger partial charge in [0, 0.05) is 43.7 Å². The average molecular weight is 391 g/mol. The molecule has 7 heteroatoms. The van der Waals surface area contributed by atoms with Crippen LogP contribution in [0.4, 0.5) is 0 Å². The van der Waals surface area contributed by atoms with Crippen LogP contribution in [0, 0.1) is 0 Å². The van der Waals surface area contributed by atoms with E-state index in [9.17, 15) is 4.79 Å². The molecular weight excluding hydrogens is 366 g/mol. The fourth-order valence-corrected chi connectivity index (χ4v) is 3.62. The number of rotatable bonds is 7. The Morgan fingerprint density at radius 1 is 1.17 bits per heavy atom. The maximum absolute atomic E-state index is 12.4. The monoisotopic (exact) mass is 391 g/mol. The first-order valence-electron chi connectivity index (χ1n) is 10.1. The van der Waals surface area contributed by atoms with E-state index in [1.807, 2.05) is 54.7 Å². The number of amides is 1. The molecule has 29 heavy (non-hydrogen) atoms. The molecule has 1 amide bonds. The molecule has 2 aromatic heterocycles. The van der Waals surface area contributed by atoms with Crippen LogP contribution in [0.3, 0.4) is 0 Å². The van der Waals surface area contributed by atoms with E-state index in [0.29, 0.717) is 24.6 Å². The molecule has 1 unspecified atom stereocenters. The lowest BCUT2D eigenvalue weighted by Crippen LogP contribution is -2.47. The van der Waals surface area contributed by atoms with E-state index >= 15 is 0 Å². The predicted molar refractivity (Wildman–Crippen MR) is 109 cm³/mol. The summed E-state index contributed by atoms with van der Waals surface area (Å²) in [5.41, 5.74) is 1.97. The smallest absolute Gasteiger partial charge is 0.227 e. The zero-order valence-corrected chi connectivity index (χ0v) is 16.3. The van der Waals surface area contributed by atoms with E-state index in [1.165, 1.54) is 0 Å². The Morgan fingerprint density at radius 2 is 2.03 bits per heavy atom. The Hall–Kier alpha value is -3.06. The van der Waals surface area contributed by atoms with Gasteiger partial charge in [0.25, 0.3) is 0 Å².